The highest BCUT2D eigenvalue weighted by atomic mass is 32.2. The number of carbonyl (C=O) groups excluding carboxylic acids is 2. The van der Waals surface area contributed by atoms with E-state index in [0.29, 0.717) is 23.5 Å². The normalized spacial score (nSPS) is 18.0. The molecule has 2 heterocycles. The number of allylic oxidation sites excluding steroid dienone is 1. The van der Waals surface area contributed by atoms with Gasteiger partial charge in [0, 0.05) is 23.5 Å². The molecule has 0 saturated carbocycles. The van der Waals surface area contributed by atoms with Crippen molar-refractivity contribution in [1.29, 1.82) is 0 Å². The molecule has 0 bridgehead atoms. The van der Waals surface area contributed by atoms with Crippen molar-refractivity contribution in [2.75, 3.05) is 24.2 Å². The number of halogens is 3. The number of esters is 1. The average molecular weight is 504 g/mol. The van der Waals surface area contributed by atoms with E-state index in [1.807, 2.05) is 6.07 Å². The molecule has 4 rings (SSSR count). The Hall–Kier alpha value is -3.27. The van der Waals surface area contributed by atoms with Crippen LogP contribution in [0.25, 0.3) is 0 Å². The molecule has 2 aliphatic heterocycles. The molecule has 6 nitrogen and oxygen atoms in total. The van der Waals surface area contributed by atoms with Gasteiger partial charge in [0.2, 0.25) is 0 Å². The molecule has 2 aromatic rings. The Labute approximate surface area is 205 Å². The summed E-state index contributed by atoms with van der Waals surface area (Å²) in [6.45, 7) is 4.44. The number of thioether (sulfide) groups is 1. The van der Waals surface area contributed by atoms with Crippen LogP contribution in [-0.4, -0.2) is 40.8 Å². The summed E-state index contributed by atoms with van der Waals surface area (Å²) in [5.74, 6) is -0.186. The number of hydrogen-bond acceptors (Lipinski definition) is 6. The minimum Gasteiger partial charge on any atom is -0.463 e. The second-order valence-electron chi connectivity index (χ2n) is 8.07. The standard InChI is InChI=1S/C25H24F3N3O3S/c1-3-34-23(33)20-15(2)29-24-31(11-6-12-35-24)21(20)16-7-5-10-19(14-16)30-22(32)17-8-4-9-18(13-17)25(26,27)28/h4-5,7-10,13-14,21H,3,6,11-12H2,1-2H3,(H,30,32)/t21-/m1/s1. The van der Waals surface area contributed by atoms with Gasteiger partial charge in [0.1, 0.15) is 0 Å². The molecule has 35 heavy (non-hydrogen) atoms. The first-order chi connectivity index (χ1) is 16.7. The number of alkyl halides is 3. The van der Waals surface area contributed by atoms with E-state index in [0.717, 1.165) is 35.0 Å². The molecule has 1 saturated heterocycles. The van der Waals surface area contributed by atoms with Crippen LogP contribution in [0.3, 0.4) is 0 Å². The number of benzene rings is 2. The lowest BCUT2D eigenvalue weighted by molar-refractivity contribution is -0.139. The zero-order valence-corrected chi connectivity index (χ0v) is 20.0. The summed E-state index contributed by atoms with van der Waals surface area (Å²) in [6, 6.07) is 10.8. The van der Waals surface area contributed by atoms with Crippen molar-refractivity contribution in [2.24, 2.45) is 4.99 Å². The lowest BCUT2D eigenvalue weighted by Gasteiger charge is -2.40. The number of nitrogens with one attached hydrogen (secondary N) is 1. The fraction of sp³-hybridized carbons (Fsp3) is 0.320. The molecular weight excluding hydrogens is 479 g/mol. The van der Waals surface area contributed by atoms with Gasteiger partial charge < -0.3 is 15.0 Å². The molecule has 0 unspecified atom stereocenters. The predicted octanol–water partition coefficient (Wildman–Crippen LogP) is 5.64. The quantitative estimate of drug-likeness (QED) is 0.535. The summed E-state index contributed by atoms with van der Waals surface area (Å²) < 4.78 is 44.5. The van der Waals surface area contributed by atoms with E-state index in [1.54, 1.807) is 43.8 Å². The first kappa shape index (κ1) is 24.8. The van der Waals surface area contributed by atoms with Crippen molar-refractivity contribution in [3.05, 3.63) is 76.5 Å². The maximum atomic E-state index is 13.1. The van der Waals surface area contributed by atoms with Gasteiger partial charge in [-0.1, -0.05) is 30.0 Å². The van der Waals surface area contributed by atoms with Gasteiger partial charge in [-0.3, -0.25) is 4.79 Å². The maximum absolute atomic E-state index is 13.1. The van der Waals surface area contributed by atoms with Crippen LogP contribution in [-0.2, 0) is 15.7 Å². The third-order valence-corrected chi connectivity index (χ3v) is 6.74. The summed E-state index contributed by atoms with van der Waals surface area (Å²) in [5, 5.41) is 3.50. The van der Waals surface area contributed by atoms with E-state index in [1.165, 1.54) is 12.1 Å². The van der Waals surface area contributed by atoms with Crippen molar-refractivity contribution in [1.82, 2.24) is 4.90 Å². The van der Waals surface area contributed by atoms with Crippen LogP contribution in [0.5, 0.6) is 0 Å². The number of amides is 1. The van der Waals surface area contributed by atoms with Gasteiger partial charge in [-0.25, -0.2) is 9.79 Å². The highest BCUT2D eigenvalue weighted by molar-refractivity contribution is 8.13. The highest BCUT2D eigenvalue weighted by Gasteiger charge is 2.38. The molecule has 1 atom stereocenters. The Balaban J connectivity index is 1.66. The van der Waals surface area contributed by atoms with Crippen molar-refractivity contribution in [2.45, 2.75) is 32.5 Å². The van der Waals surface area contributed by atoms with Gasteiger partial charge in [0.15, 0.2) is 5.17 Å². The molecule has 0 radical (unpaired) electrons. The van der Waals surface area contributed by atoms with Crippen LogP contribution in [0.2, 0.25) is 0 Å². The van der Waals surface area contributed by atoms with Gasteiger partial charge in [-0.2, -0.15) is 13.2 Å². The van der Waals surface area contributed by atoms with Crippen LogP contribution in [0.4, 0.5) is 18.9 Å². The number of nitrogens with zero attached hydrogens (tertiary/aromatic N) is 2. The van der Waals surface area contributed by atoms with Crippen LogP contribution >= 0.6 is 11.8 Å². The molecule has 0 aliphatic carbocycles. The summed E-state index contributed by atoms with van der Waals surface area (Å²) >= 11 is 1.62. The van der Waals surface area contributed by atoms with E-state index in [9.17, 15) is 22.8 Å². The van der Waals surface area contributed by atoms with Crippen molar-refractivity contribution in [3.63, 3.8) is 0 Å². The molecule has 10 heteroatoms. The Morgan fingerprint density at radius 1 is 1.20 bits per heavy atom. The Morgan fingerprint density at radius 2 is 1.97 bits per heavy atom. The topological polar surface area (TPSA) is 71.0 Å². The Morgan fingerprint density at radius 3 is 2.71 bits per heavy atom. The van der Waals surface area contributed by atoms with E-state index in [4.69, 9.17) is 4.74 Å². The first-order valence-electron chi connectivity index (χ1n) is 11.1. The van der Waals surface area contributed by atoms with E-state index < -0.39 is 29.7 Å². The molecule has 1 N–H and O–H groups in total. The third kappa shape index (κ3) is 5.37. The maximum Gasteiger partial charge on any atom is 0.416 e. The van der Waals surface area contributed by atoms with Gasteiger partial charge in [0.25, 0.3) is 5.91 Å². The Bertz CT molecular complexity index is 1210. The zero-order valence-electron chi connectivity index (χ0n) is 19.2. The first-order valence-corrected chi connectivity index (χ1v) is 12.1. The number of anilines is 1. The van der Waals surface area contributed by atoms with Crippen LogP contribution in [0, 0.1) is 0 Å². The number of carbonyl (C=O) groups is 2. The number of aliphatic imine (C=N–C) groups is 1. The van der Waals surface area contributed by atoms with E-state index >= 15 is 0 Å². The highest BCUT2D eigenvalue weighted by Crippen LogP contribution is 2.40. The lowest BCUT2D eigenvalue weighted by Crippen LogP contribution is -2.42. The SMILES string of the molecule is CCOC(=O)C1=C(C)N=C2SCCCN2[C@@H]1c1cccc(NC(=O)c2cccc(C(F)(F)F)c2)c1. The van der Waals surface area contributed by atoms with Gasteiger partial charge in [-0.15, -0.1) is 0 Å². The summed E-state index contributed by atoms with van der Waals surface area (Å²) in [4.78, 5) is 32.3. The molecule has 2 aromatic carbocycles. The van der Waals surface area contributed by atoms with Gasteiger partial charge in [-0.05, 0) is 56.2 Å². The number of amidine groups is 1. The molecule has 1 amide bonds. The molecular formula is C25H24F3N3O3S. The molecule has 0 aromatic heterocycles. The van der Waals surface area contributed by atoms with Crippen LogP contribution in [0.1, 0.15) is 47.8 Å². The average Bonchev–Trinajstić information content (AvgIpc) is 2.83. The minimum absolute atomic E-state index is 0.104. The molecule has 184 valence electrons. The fourth-order valence-corrected chi connectivity index (χ4v) is 5.13. The monoisotopic (exact) mass is 503 g/mol. The van der Waals surface area contributed by atoms with Gasteiger partial charge >= 0.3 is 12.1 Å². The summed E-state index contributed by atoms with van der Waals surface area (Å²) in [7, 11) is 0. The van der Waals surface area contributed by atoms with E-state index in [-0.39, 0.29) is 12.2 Å². The number of rotatable bonds is 5. The van der Waals surface area contributed by atoms with Crippen molar-refractivity contribution in [3.8, 4) is 0 Å². The summed E-state index contributed by atoms with van der Waals surface area (Å²) in [6.07, 6.45) is -3.63. The van der Waals surface area contributed by atoms with Crippen molar-refractivity contribution >= 4 is 34.5 Å². The number of fused-ring (bicyclic) bond motifs is 1. The summed E-state index contributed by atoms with van der Waals surface area (Å²) in [5.41, 5.74) is 1.15. The lowest BCUT2D eigenvalue weighted by atomic mass is 9.94. The second kappa shape index (κ2) is 10.2. The minimum atomic E-state index is -4.55. The largest absolute Gasteiger partial charge is 0.463 e. The number of ether oxygens (including phenoxy) is 1. The third-order valence-electron chi connectivity index (χ3n) is 5.67. The predicted molar refractivity (Wildman–Crippen MR) is 129 cm³/mol. The smallest absolute Gasteiger partial charge is 0.416 e. The Kier molecular flexibility index (Phi) is 7.20. The van der Waals surface area contributed by atoms with Gasteiger partial charge in [0.05, 0.1) is 29.5 Å². The van der Waals surface area contributed by atoms with Crippen LogP contribution < -0.4 is 5.32 Å². The molecule has 0 spiro atoms. The number of hydrogen-bond donors (Lipinski definition) is 1. The molecule has 2 aliphatic rings. The second-order valence-corrected chi connectivity index (χ2v) is 9.13. The molecule has 1 fully saturated rings. The zero-order chi connectivity index (χ0) is 25.2. The van der Waals surface area contributed by atoms with Crippen LogP contribution in [0.15, 0.2) is 64.8 Å². The fourth-order valence-electron chi connectivity index (χ4n) is 4.11. The van der Waals surface area contributed by atoms with Crippen molar-refractivity contribution < 1.29 is 27.5 Å². The van der Waals surface area contributed by atoms with E-state index in [2.05, 4.69) is 15.2 Å².